The van der Waals surface area contributed by atoms with E-state index in [1.807, 2.05) is 12.1 Å². The van der Waals surface area contributed by atoms with Crippen molar-refractivity contribution in [3.8, 4) is 11.1 Å². The quantitative estimate of drug-likeness (QED) is 0.595. The second kappa shape index (κ2) is 8.21. The zero-order valence-corrected chi connectivity index (χ0v) is 16.7. The predicted molar refractivity (Wildman–Crippen MR) is 124 cm³/mol. The second-order valence-corrected chi connectivity index (χ2v) is 7.59. The zero-order chi connectivity index (χ0) is 20.4. The Morgan fingerprint density at radius 1 is 1.03 bits per heavy atom. The molecule has 1 aliphatic heterocycles. The smallest absolute Gasteiger partial charge is 0.0784 e. The minimum Gasteiger partial charge on any atom is -0.381 e. The highest BCUT2D eigenvalue weighted by molar-refractivity contribution is 5.89. The normalized spacial score (nSPS) is 18.0. The van der Waals surface area contributed by atoms with Gasteiger partial charge in [-0.1, -0.05) is 67.6 Å². The summed E-state index contributed by atoms with van der Waals surface area (Å²) in [4.78, 5) is 0. The topological polar surface area (TPSA) is 90.1 Å². The van der Waals surface area contributed by atoms with E-state index in [0.717, 1.165) is 23.4 Å². The molecule has 4 rings (SSSR count). The Morgan fingerprint density at radius 2 is 1.79 bits per heavy atom. The lowest BCUT2D eigenvalue weighted by Gasteiger charge is -2.24. The van der Waals surface area contributed by atoms with Gasteiger partial charge in [-0.25, -0.2) is 0 Å². The maximum Gasteiger partial charge on any atom is 0.0784 e. The van der Waals surface area contributed by atoms with E-state index in [1.54, 1.807) is 0 Å². The molecule has 0 amide bonds. The van der Waals surface area contributed by atoms with Crippen LogP contribution in [-0.4, -0.2) is 13.1 Å². The van der Waals surface area contributed by atoms with Crippen molar-refractivity contribution in [2.24, 2.45) is 23.1 Å². The fourth-order valence-electron chi connectivity index (χ4n) is 4.02. The molecule has 1 atom stereocenters. The number of allylic oxidation sites excluding steroid dienone is 5. The lowest BCUT2D eigenvalue weighted by Crippen LogP contribution is -2.19. The Kier molecular flexibility index (Phi) is 5.49. The number of benzene rings is 2. The summed E-state index contributed by atoms with van der Waals surface area (Å²) in [5, 5.41) is 3.50. The van der Waals surface area contributed by atoms with Gasteiger partial charge in [-0.15, -0.1) is 0 Å². The largest absolute Gasteiger partial charge is 0.381 e. The van der Waals surface area contributed by atoms with Crippen LogP contribution in [-0.2, 0) is 0 Å². The lowest BCUT2D eigenvalue weighted by atomic mass is 9.83. The van der Waals surface area contributed by atoms with Crippen molar-refractivity contribution < 1.29 is 0 Å². The monoisotopic (exact) mass is 384 g/mol. The van der Waals surface area contributed by atoms with Gasteiger partial charge in [-0.2, -0.15) is 0 Å². The van der Waals surface area contributed by atoms with Crippen LogP contribution in [0.15, 0.2) is 72.4 Å². The van der Waals surface area contributed by atoms with E-state index in [1.165, 1.54) is 27.8 Å². The first kappa shape index (κ1) is 19.4. The van der Waals surface area contributed by atoms with E-state index in [2.05, 4.69) is 73.0 Å². The Morgan fingerprint density at radius 3 is 2.52 bits per heavy atom. The van der Waals surface area contributed by atoms with Gasteiger partial charge in [0.25, 0.3) is 0 Å². The number of nitrogens with two attached hydrogens (primary N) is 3. The van der Waals surface area contributed by atoms with E-state index >= 15 is 0 Å². The molecule has 7 N–H and O–H groups in total. The molecule has 1 aliphatic carbocycles. The average Bonchev–Trinajstić information content (AvgIpc) is 2.94. The second-order valence-electron chi connectivity index (χ2n) is 7.59. The third kappa shape index (κ3) is 3.83. The first-order valence-corrected chi connectivity index (χ1v) is 10.1. The van der Waals surface area contributed by atoms with Gasteiger partial charge in [0.15, 0.2) is 0 Å². The number of rotatable bonds is 4. The van der Waals surface area contributed by atoms with Crippen molar-refractivity contribution in [2.75, 3.05) is 18.4 Å². The third-order valence-corrected chi connectivity index (χ3v) is 5.77. The first-order chi connectivity index (χ1) is 14.1. The zero-order valence-electron chi connectivity index (χ0n) is 16.7. The summed E-state index contributed by atoms with van der Waals surface area (Å²) in [5.41, 5.74) is 27.0. The van der Waals surface area contributed by atoms with Gasteiger partial charge in [0.05, 0.1) is 6.17 Å². The van der Waals surface area contributed by atoms with E-state index < -0.39 is 6.17 Å². The molecule has 1 heterocycles. The summed E-state index contributed by atoms with van der Waals surface area (Å²) in [6, 6.07) is 12.8. The molecular weight excluding hydrogens is 356 g/mol. The molecule has 29 heavy (non-hydrogen) atoms. The molecule has 1 unspecified atom stereocenters. The summed E-state index contributed by atoms with van der Waals surface area (Å²) in [6.45, 7) is 3.62. The Hall–Kier alpha value is -2.92. The van der Waals surface area contributed by atoms with Gasteiger partial charge in [0.1, 0.15) is 0 Å². The van der Waals surface area contributed by atoms with Crippen LogP contribution in [0.3, 0.4) is 0 Å². The van der Waals surface area contributed by atoms with Crippen LogP contribution in [0.5, 0.6) is 0 Å². The molecule has 2 aromatic carbocycles. The highest BCUT2D eigenvalue weighted by atomic mass is 14.9. The fourth-order valence-corrected chi connectivity index (χ4v) is 4.02. The molecule has 0 saturated carbocycles. The molecule has 0 radical (unpaired) electrons. The van der Waals surface area contributed by atoms with Crippen LogP contribution >= 0.6 is 0 Å². The average molecular weight is 385 g/mol. The van der Waals surface area contributed by atoms with Crippen molar-refractivity contribution >= 4 is 17.3 Å². The Labute approximate surface area is 172 Å². The maximum absolute atomic E-state index is 6.03. The molecule has 0 spiro atoms. The molecule has 4 nitrogen and oxygen atoms in total. The van der Waals surface area contributed by atoms with Crippen molar-refractivity contribution in [3.63, 3.8) is 0 Å². The molecule has 148 valence electrons. The van der Waals surface area contributed by atoms with E-state index in [4.69, 9.17) is 17.2 Å². The van der Waals surface area contributed by atoms with Gasteiger partial charge in [0.2, 0.25) is 0 Å². The van der Waals surface area contributed by atoms with Crippen molar-refractivity contribution in [1.82, 2.24) is 0 Å². The highest BCUT2D eigenvalue weighted by Gasteiger charge is 2.21. The van der Waals surface area contributed by atoms with Gasteiger partial charge >= 0.3 is 0 Å². The molecule has 2 aliphatic rings. The van der Waals surface area contributed by atoms with Crippen LogP contribution in [0.25, 0.3) is 22.8 Å². The number of hydrogen-bond acceptors (Lipinski definition) is 4. The van der Waals surface area contributed by atoms with E-state index in [0.29, 0.717) is 6.54 Å². The Balaban J connectivity index is 1.89. The van der Waals surface area contributed by atoms with Crippen LogP contribution in [0, 0.1) is 5.92 Å². The minimum atomic E-state index is -0.467. The third-order valence-electron chi connectivity index (χ3n) is 5.77. The number of anilines is 1. The molecule has 0 fully saturated rings. The number of fused-ring (bicyclic) bond motifs is 1. The van der Waals surface area contributed by atoms with Gasteiger partial charge < -0.3 is 22.5 Å². The maximum atomic E-state index is 6.03. The minimum absolute atomic E-state index is 0.239. The SMILES string of the molecule is CC1C(CN)=CC=CC=C1c1cc2c(cc1-c1ccc(C(N)N)cc1)C=CCN2. The van der Waals surface area contributed by atoms with Crippen molar-refractivity contribution in [1.29, 1.82) is 0 Å². The lowest BCUT2D eigenvalue weighted by molar-refractivity contribution is 0.774. The molecular formula is C25H28N4. The van der Waals surface area contributed by atoms with Crippen LogP contribution < -0.4 is 22.5 Å². The standard InChI is InChI=1S/C25H28N4/c1-16-20(15-26)5-2-3-7-21(16)23-14-24-19(6-4-12-29-24)13-22(23)17-8-10-18(11-9-17)25(27)28/h2-11,13-14,16,25,29H,12,15,26-28H2,1H3. The highest BCUT2D eigenvalue weighted by Crippen LogP contribution is 2.40. The van der Waals surface area contributed by atoms with Gasteiger partial charge in [0, 0.05) is 24.7 Å². The molecule has 2 aromatic rings. The van der Waals surface area contributed by atoms with Crippen LogP contribution in [0.1, 0.15) is 29.8 Å². The Bertz CT molecular complexity index is 1020. The summed E-state index contributed by atoms with van der Waals surface area (Å²) in [6.07, 6.45) is 12.4. The van der Waals surface area contributed by atoms with Gasteiger partial charge in [-0.05, 0) is 51.1 Å². The van der Waals surface area contributed by atoms with Crippen molar-refractivity contribution in [2.45, 2.75) is 13.1 Å². The molecule has 4 heteroatoms. The molecule has 0 bridgehead atoms. The number of nitrogens with one attached hydrogen (secondary N) is 1. The van der Waals surface area contributed by atoms with E-state index in [-0.39, 0.29) is 5.92 Å². The molecule has 0 aromatic heterocycles. The molecule has 0 saturated heterocycles. The fraction of sp³-hybridized carbons (Fsp3) is 0.200. The summed E-state index contributed by atoms with van der Waals surface area (Å²) in [5.74, 6) is 0.239. The van der Waals surface area contributed by atoms with Crippen LogP contribution in [0.2, 0.25) is 0 Å². The summed E-state index contributed by atoms with van der Waals surface area (Å²) >= 11 is 0. The summed E-state index contributed by atoms with van der Waals surface area (Å²) in [7, 11) is 0. The first-order valence-electron chi connectivity index (χ1n) is 10.1. The summed E-state index contributed by atoms with van der Waals surface area (Å²) < 4.78 is 0. The van der Waals surface area contributed by atoms with Crippen LogP contribution in [0.4, 0.5) is 5.69 Å². The van der Waals surface area contributed by atoms with E-state index in [9.17, 15) is 0 Å². The van der Waals surface area contributed by atoms with Gasteiger partial charge in [-0.3, -0.25) is 0 Å². The van der Waals surface area contributed by atoms with Crippen molar-refractivity contribution in [3.05, 3.63) is 89.0 Å². The predicted octanol–water partition coefficient (Wildman–Crippen LogP) is 4.18. The number of hydrogen-bond donors (Lipinski definition) is 4.